The molecule has 5 nitrogen and oxygen atoms in total. The van der Waals surface area contributed by atoms with Crippen molar-refractivity contribution in [3.8, 4) is 0 Å². The summed E-state index contributed by atoms with van der Waals surface area (Å²) in [6.45, 7) is 4.23. The van der Waals surface area contributed by atoms with E-state index < -0.39 is 0 Å². The molecule has 1 aromatic heterocycles. The van der Waals surface area contributed by atoms with Crippen molar-refractivity contribution in [1.82, 2.24) is 9.97 Å². The number of hydrogen-bond donors (Lipinski definition) is 1. The molecule has 0 aliphatic carbocycles. The number of ether oxygens (including phenoxy) is 1. The summed E-state index contributed by atoms with van der Waals surface area (Å²) in [5.41, 5.74) is 0.557. The Hall–Kier alpha value is -0.950. The number of aromatic amines is 1. The fourth-order valence-electron chi connectivity index (χ4n) is 1.28. The van der Waals surface area contributed by atoms with Crippen LogP contribution in [0.2, 0.25) is 0 Å². The van der Waals surface area contributed by atoms with Gasteiger partial charge in [-0.25, -0.2) is 4.98 Å². The lowest BCUT2D eigenvalue weighted by Crippen LogP contribution is -2.12. The summed E-state index contributed by atoms with van der Waals surface area (Å²) in [5.74, 6) is 1.60. The van der Waals surface area contributed by atoms with Gasteiger partial charge in [0.1, 0.15) is 0 Å². The first kappa shape index (κ1) is 16.1. The minimum Gasteiger partial charge on any atom is -0.465 e. The van der Waals surface area contributed by atoms with Gasteiger partial charge < -0.3 is 9.72 Å². The molecular formula is C12H18N2O3S2. The standard InChI is InChI=1S/C12H18N2O3S2/c1-3-5-18-7-9-6-10(15)14-12(13-9)19-8-11(16)17-4-2/h6H,3-5,7-8H2,1-2H3,(H,13,14,15). The van der Waals surface area contributed by atoms with Gasteiger partial charge >= 0.3 is 5.97 Å². The molecule has 0 aliphatic heterocycles. The predicted octanol–water partition coefficient (Wildman–Crippen LogP) is 2.07. The first-order valence-electron chi connectivity index (χ1n) is 6.12. The molecule has 0 radical (unpaired) electrons. The van der Waals surface area contributed by atoms with E-state index in [1.165, 1.54) is 17.8 Å². The van der Waals surface area contributed by atoms with Gasteiger partial charge in [0, 0.05) is 11.8 Å². The van der Waals surface area contributed by atoms with E-state index in [9.17, 15) is 9.59 Å². The average molecular weight is 302 g/mol. The van der Waals surface area contributed by atoms with Gasteiger partial charge in [0.15, 0.2) is 5.16 Å². The molecule has 0 saturated heterocycles. The smallest absolute Gasteiger partial charge is 0.316 e. The van der Waals surface area contributed by atoms with Crippen LogP contribution in [0.15, 0.2) is 16.0 Å². The van der Waals surface area contributed by atoms with Crippen molar-refractivity contribution in [2.45, 2.75) is 31.2 Å². The number of hydrogen-bond acceptors (Lipinski definition) is 6. The third-order valence-electron chi connectivity index (χ3n) is 2.00. The van der Waals surface area contributed by atoms with Crippen LogP contribution in [0.25, 0.3) is 0 Å². The lowest BCUT2D eigenvalue weighted by atomic mass is 10.5. The number of H-pyrrole nitrogens is 1. The number of esters is 1. The summed E-state index contributed by atoms with van der Waals surface area (Å²) in [7, 11) is 0. The van der Waals surface area contributed by atoms with E-state index in [0.29, 0.717) is 17.5 Å². The van der Waals surface area contributed by atoms with Crippen molar-refractivity contribution >= 4 is 29.5 Å². The number of aromatic nitrogens is 2. The maximum Gasteiger partial charge on any atom is 0.316 e. The number of nitrogens with one attached hydrogen (secondary N) is 1. The fourth-order valence-corrected chi connectivity index (χ4v) is 2.76. The Morgan fingerprint density at radius 1 is 1.47 bits per heavy atom. The summed E-state index contributed by atoms with van der Waals surface area (Å²) in [6.07, 6.45) is 1.10. The summed E-state index contributed by atoms with van der Waals surface area (Å²) in [4.78, 5) is 29.6. The highest BCUT2D eigenvalue weighted by atomic mass is 32.2. The molecule has 0 fully saturated rings. The number of thioether (sulfide) groups is 2. The molecule has 19 heavy (non-hydrogen) atoms. The third kappa shape index (κ3) is 6.68. The van der Waals surface area contributed by atoms with Gasteiger partial charge in [-0.2, -0.15) is 11.8 Å². The largest absolute Gasteiger partial charge is 0.465 e. The van der Waals surface area contributed by atoms with Crippen LogP contribution in [0.4, 0.5) is 0 Å². The van der Waals surface area contributed by atoms with E-state index in [2.05, 4.69) is 16.9 Å². The van der Waals surface area contributed by atoms with Crippen molar-refractivity contribution in [2.24, 2.45) is 0 Å². The second-order valence-electron chi connectivity index (χ2n) is 3.69. The Bertz CT molecular complexity index is 463. The molecule has 0 saturated carbocycles. The van der Waals surface area contributed by atoms with Crippen molar-refractivity contribution < 1.29 is 9.53 Å². The molecule has 0 bridgehead atoms. The van der Waals surface area contributed by atoms with Crippen molar-refractivity contribution in [2.75, 3.05) is 18.1 Å². The van der Waals surface area contributed by atoms with Crippen LogP contribution in [0.3, 0.4) is 0 Å². The quantitative estimate of drug-likeness (QED) is 0.343. The first-order valence-corrected chi connectivity index (χ1v) is 8.26. The number of carbonyl (C=O) groups is 1. The summed E-state index contributed by atoms with van der Waals surface area (Å²) in [5, 5.41) is 0.465. The highest BCUT2D eigenvalue weighted by Gasteiger charge is 2.07. The molecule has 0 amide bonds. The number of rotatable bonds is 8. The Morgan fingerprint density at radius 2 is 2.26 bits per heavy atom. The van der Waals surface area contributed by atoms with Crippen LogP contribution < -0.4 is 5.56 Å². The molecule has 0 spiro atoms. The van der Waals surface area contributed by atoms with E-state index in [1.54, 1.807) is 18.7 Å². The minimum absolute atomic E-state index is 0.155. The lowest BCUT2D eigenvalue weighted by Gasteiger charge is -2.04. The zero-order chi connectivity index (χ0) is 14.1. The molecule has 1 rings (SSSR count). The maximum absolute atomic E-state index is 11.5. The molecule has 0 aliphatic rings. The van der Waals surface area contributed by atoms with Gasteiger partial charge in [-0.1, -0.05) is 18.7 Å². The van der Waals surface area contributed by atoms with Crippen molar-refractivity contribution in [1.29, 1.82) is 0 Å². The summed E-state index contributed by atoms with van der Waals surface area (Å²) < 4.78 is 4.82. The average Bonchev–Trinajstić information content (AvgIpc) is 2.37. The Kier molecular flexibility index (Phi) is 7.66. The van der Waals surface area contributed by atoms with Crippen LogP contribution in [0, 0.1) is 0 Å². The molecule has 7 heteroatoms. The van der Waals surface area contributed by atoms with Crippen molar-refractivity contribution in [3.05, 3.63) is 22.1 Å². The van der Waals surface area contributed by atoms with E-state index in [1.807, 2.05) is 0 Å². The number of nitrogens with zero attached hydrogens (tertiary/aromatic N) is 1. The van der Waals surface area contributed by atoms with Crippen LogP contribution in [-0.2, 0) is 15.3 Å². The van der Waals surface area contributed by atoms with E-state index >= 15 is 0 Å². The second kappa shape index (κ2) is 9.03. The van der Waals surface area contributed by atoms with Gasteiger partial charge in [-0.05, 0) is 19.1 Å². The summed E-state index contributed by atoms with van der Waals surface area (Å²) >= 11 is 2.93. The van der Waals surface area contributed by atoms with Gasteiger partial charge in [0.25, 0.3) is 5.56 Å². The van der Waals surface area contributed by atoms with Crippen LogP contribution in [-0.4, -0.2) is 34.0 Å². The molecule has 106 valence electrons. The molecule has 0 atom stereocenters. The lowest BCUT2D eigenvalue weighted by molar-refractivity contribution is -0.139. The maximum atomic E-state index is 11.5. The summed E-state index contributed by atoms with van der Waals surface area (Å²) in [6, 6.07) is 1.50. The SMILES string of the molecule is CCCSCc1cc(=O)[nH]c(SCC(=O)OCC)n1. The number of carbonyl (C=O) groups excluding carboxylic acids is 1. The third-order valence-corrected chi connectivity index (χ3v) is 4.05. The molecule has 1 aromatic rings. The van der Waals surface area contributed by atoms with Gasteiger partial charge in [-0.15, -0.1) is 0 Å². The molecule has 1 heterocycles. The molecular weight excluding hydrogens is 284 g/mol. The van der Waals surface area contributed by atoms with Crippen LogP contribution in [0.1, 0.15) is 26.0 Å². The highest BCUT2D eigenvalue weighted by molar-refractivity contribution is 7.99. The van der Waals surface area contributed by atoms with Crippen LogP contribution in [0.5, 0.6) is 0 Å². The monoisotopic (exact) mass is 302 g/mol. The highest BCUT2D eigenvalue weighted by Crippen LogP contribution is 2.14. The fraction of sp³-hybridized carbons (Fsp3) is 0.583. The Balaban J connectivity index is 2.58. The second-order valence-corrected chi connectivity index (χ2v) is 5.76. The zero-order valence-electron chi connectivity index (χ0n) is 11.1. The van der Waals surface area contributed by atoms with Gasteiger partial charge in [-0.3, -0.25) is 9.59 Å². The van der Waals surface area contributed by atoms with E-state index in [0.717, 1.165) is 17.9 Å². The predicted molar refractivity (Wildman–Crippen MR) is 78.7 cm³/mol. The molecule has 0 unspecified atom stereocenters. The Labute approximate surface area is 120 Å². The van der Waals surface area contributed by atoms with Crippen LogP contribution >= 0.6 is 23.5 Å². The zero-order valence-corrected chi connectivity index (χ0v) is 12.7. The topological polar surface area (TPSA) is 72.0 Å². The van der Waals surface area contributed by atoms with Gasteiger partial charge in [0.05, 0.1) is 18.1 Å². The van der Waals surface area contributed by atoms with Crippen molar-refractivity contribution in [3.63, 3.8) is 0 Å². The minimum atomic E-state index is -0.305. The Morgan fingerprint density at radius 3 is 2.95 bits per heavy atom. The molecule has 1 N–H and O–H groups in total. The first-order chi connectivity index (χ1) is 9.15. The van der Waals surface area contributed by atoms with E-state index in [4.69, 9.17) is 4.74 Å². The molecule has 0 aromatic carbocycles. The van der Waals surface area contributed by atoms with Gasteiger partial charge in [0.2, 0.25) is 0 Å². The van der Waals surface area contributed by atoms with E-state index in [-0.39, 0.29) is 17.3 Å². The normalized spacial score (nSPS) is 10.4.